The van der Waals surface area contributed by atoms with Crippen molar-refractivity contribution in [2.24, 2.45) is 0 Å². The molecule has 0 radical (unpaired) electrons. The highest BCUT2D eigenvalue weighted by Crippen LogP contribution is 2.19. The number of aryl methyl sites for hydroxylation is 1. The maximum Gasteiger partial charge on any atom is 0.260 e. The van der Waals surface area contributed by atoms with Crippen LogP contribution >= 0.6 is 0 Å². The van der Waals surface area contributed by atoms with Crippen LogP contribution in [-0.2, 0) is 10.4 Å². The summed E-state index contributed by atoms with van der Waals surface area (Å²) in [7, 11) is 0. The van der Waals surface area contributed by atoms with Crippen molar-refractivity contribution in [3.8, 4) is 5.75 Å². The highest BCUT2D eigenvalue weighted by Gasteiger charge is 2.25. The zero-order valence-corrected chi connectivity index (χ0v) is 13.7. The lowest BCUT2D eigenvalue weighted by molar-refractivity contribution is -0.128. The Morgan fingerprint density at radius 1 is 1.22 bits per heavy atom. The van der Waals surface area contributed by atoms with Gasteiger partial charge in [-0.2, -0.15) is 0 Å². The van der Waals surface area contributed by atoms with Crippen molar-refractivity contribution in [2.75, 3.05) is 6.54 Å². The summed E-state index contributed by atoms with van der Waals surface area (Å²) in [5.74, 6) is 0.394. The zero-order valence-electron chi connectivity index (χ0n) is 13.7. The van der Waals surface area contributed by atoms with Crippen molar-refractivity contribution in [3.05, 3.63) is 65.7 Å². The van der Waals surface area contributed by atoms with E-state index in [0.717, 1.165) is 11.1 Å². The molecule has 0 saturated carbocycles. The van der Waals surface area contributed by atoms with Gasteiger partial charge < -0.3 is 15.2 Å². The average molecular weight is 313 g/mol. The van der Waals surface area contributed by atoms with Crippen LogP contribution in [0.2, 0.25) is 0 Å². The lowest BCUT2D eigenvalue weighted by Gasteiger charge is -2.25. The third-order valence-corrected chi connectivity index (χ3v) is 3.67. The van der Waals surface area contributed by atoms with Crippen molar-refractivity contribution in [1.82, 2.24) is 5.32 Å². The molecule has 2 atom stereocenters. The molecule has 2 rings (SSSR count). The molecule has 0 aliphatic rings. The summed E-state index contributed by atoms with van der Waals surface area (Å²) in [6.45, 7) is 5.45. The molecule has 122 valence electrons. The third kappa shape index (κ3) is 4.83. The zero-order chi connectivity index (χ0) is 16.9. The molecule has 0 saturated heterocycles. The van der Waals surface area contributed by atoms with Gasteiger partial charge in [0.1, 0.15) is 11.4 Å². The van der Waals surface area contributed by atoms with Gasteiger partial charge in [-0.05, 0) is 44.0 Å². The molecule has 0 aromatic heterocycles. The molecule has 2 N–H and O–H groups in total. The van der Waals surface area contributed by atoms with E-state index in [-0.39, 0.29) is 12.5 Å². The first-order valence-electron chi connectivity index (χ1n) is 7.67. The van der Waals surface area contributed by atoms with Gasteiger partial charge >= 0.3 is 0 Å². The normalized spacial score (nSPS) is 14.6. The van der Waals surface area contributed by atoms with Crippen LogP contribution < -0.4 is 10.1 Å². The minimum atomic E-state index is -1.13. The SMILES string of the molecule is Cc1cccc(OC(C)C(=O)NCC(C)(O)c2ccccc2)c1. The lowest BCUT2D eigenvalue weighted by Crippen LogP contribution is -2.43. The maximum atomic E-state index is 12.2. The van der Waals surface area contributed by atoms with E-state index >= 15 is 0 Å². The smallest absolute Gasteiger partial charge is 0.260 e. The van der Waals surface area contributed by atoms with Crippen molar-refractivity contribution >= 4 is 5.91 Å². The van der Waals surface area contributed by atoms with E-state index in [0.29, 0.717) is 5.75 Å². The topological polar surface area (TPSA) is 58.6 Å². The Balaban J connectivity index is 1.91. The predicted molar refractivity (Wildman–Crippen MR) is 90.3 cm³/mol. The van der Waals surface area contributed by atoms with Crippen molar-refractivity contribution in [1.29, 1.82) is 0 Å². The molecule has 0 fully saturated rings. The fourth-order valence-electron chi connectivity index (χ4n) is 2.25. The van der Waals surface area contributed by atoms with E-state index in [1.54, 1.807) is 13.8 Å². The number of aliphatic hydroxyl groups is 1. The summed E-state index contributed by atoms with van der Waals surface area (Å²) in [5, 5.41) is 13.2. The number of rotatable bonds is 6. The fourth-order valence-corrected chi connectivity index (χ4v) is 2.25. The number of nitrogens with one attached hydrogen (secondary N) is 1. The second-order valence-corrected chi connectivity index (χ2v) is 5.93. The largest absolute Gasteiger partial charge is 0.481 e. The Morgan fingerprint density at radius 2 is 1.91 bits per heavy atom. The summed E-state index contributed by atoms with van der Waals surface area (Å²) in [6, 6.07) is 16.8. The maximum absolute atomic E-state index is 12.2. The quantitative estimate of drug-likeness (QED) is 0.862. The first kappa shape index (κ1) is 17.0. The van der Waals surface area contributed by atoms with Gasteiger partial charge in [-0.1, -0.05) is 42.5 Å². The Hall–Kier alpha value is -2.33. The second kappa shape index (κ2) is 7.29. The van der Waals surface area contributed by atoms with E-state index in [1.165, 1.54) is 0 Å². The van der Waals surface area contributed by atoms with Gasteiger partial charge in [-0.15, -0.1) is 0 Å². The molecular weight excluding hydrogens is 290 g/mol. The number of hydrogen-bond donors (Lipinski definition) is 2. The molecule has 4 nitrogen and oxygen atoms in total. The predicted octanol–water partition coefficient (Wildman–Crippen LogP) is 2.79. The fraction of sp³-hybridized carbons (Fsp3) is 0.316. The minimum absolute atomic E-state index is 0.122. The van der Waals surface area contributed by atoms with Crippen LogP contribution in [0.15, 0.2) is 54.6 Å². The van der Waals surface area contributed by atoms with Gasteiger partial charge in [0.25, 0.3) is 5.91 Å². The van der Waals surface area contributed by atoms with Crippen LogP contribution in [0.25, 0.3) is 0 Å². The van der Waals surface area contributed by atoms with Gasteiger partial charge in [-0.3, -0.25) is 4.79 Å². The highest BCUT2D eigenvalue weighted by molar-refractivity contribution is 5.80. The molecule has 0 aliphatic heterocycles. The van der Waals surface area contributed by atoms with Gasteiger partial charge in [0.15, 0.2) is 6.10 Å². The van der Waals surface area contributed by atoms with E-state index in [2.05, 4.69) is 5.32 Å². The summed E-state index contributed by atoms with van der Waals surface area (Å²) >= 11 is 0. The van der Waals surface area contributed by atoms with E-state index < -0.39 is 11.7 Å². The molecule has 2 aromatic carbocycles. The third-order valence-electron chi connectivity index (χ3n) is 3.67. The van der Waals surface area contributed by atoms with Crippen molar-refractivity contribution < 1.29 is 14.6 Å². The van der Waals surface area contributed by atoms with Crippen molar-refractivity contribution in [2.45, 2.75) is 32.5 Å². The molecule has 2 unspecified atom stereocenters. The first-order chi connectivity index (χ1) is 10.9. The monoisotopic (exact) mass is 313 g/mol. The number of carbonyl (C=O) groups is 1. The molecule has 0 bridgehead atoms. The molecule has 0 heterocycles. The van der Waals surface area contributed by atoms with Crippen LogP contribution in [0.1, 0.15) is 25.0 Å². The van der Waals surface area contributed by atoms with Crippen LogP contribution in [0.5, 0.6) is 5.75 Å². The number of benzene rings is 2. The first-order valence-corrected chi connectivity index (χ1v) is 7.67. The van der Waals surface area contributed by atoms with Gasteiger partial charge in [0, 0.05) is 0 Å². The molecule has 2 aromatic rings. The van der Waals surface area contributed by atoms with Crippen LogP contribution in [0, 0.1) is 6.92 Å². The average Bonchev–Trinajstić information content (AvgIpc) is 2.53. The summed E-state index contributed by atoms with van der Waals surface area (Å²) < 4.78 is 5.63. The Bertz CT molecular complexity index is 653. The lowest BCUT2D eigenvalue weighted by atomic mass is 9.96. The summed E-state index contributed by atoms with van der Waals surface area (Å²) in [6.07, 6.45) is -0.636. The Morgan fingerprint density at radius 3 is 2.57 bits per heavy atom. The molecule has 0 spiro atoms. The van der Waals surface area contributed by atoms with Gasteiger partial charge in [-0.25, -0.2) is 0 Å². The van der Waals surface area contributed by atoms with Crippen LogP contribution in [0.4, 0.5) is 0 Å². The molecule has 0 aliphatic carbocycles. The second-order valence-electron chi connectivity index (χ2n) is 5.93. The number of carbonyl (C=O) groups excluding carboxylic acids is 1. The summed E-state index contributed by atoms with van der Waals surface area (Å²) in [4.78, 5) is 12.2. The van der Waals surface area contributed by atoms with Crippen molar-refractivity contribution in [3.63, 3.8) is 0 Å². The van der Waals surface area contributed by atoms with E-state index in [9.17, 15) is 9.90 Å². The van der Waals surface area contributed by atoms with E-state index in [1.807, 2.05) is 61.5 Å². The number of hydrogen-bond acceptors (Lipinski definition) is 3. The van der Waals surface area contributed by atoms with Crippen LogP contribution in [0.3, 0.4) is 0 Å². The molecule has 4 heteroatoms. The van der Waals surface area contributed by atoms with Gasteiger partial charge in [0.05, 0.1) is 6.54 Å². The van der Waals surface area contributed by atoms with Crippen LogP contribution in [-0.4, -0.2) is 23.7 Å². The summed E-state index contributed by atoms with van der Waals surface area (Å²) in [5.41, 5.74) is 0.703. The molecular formula is C19H23NO3. The Labute approximate surface area is 137 Å². The highest BCUT2D eigenvalue weighted by atomic mass is 16.5. The van der Waals surface area contributed by atoms with E-state index in [4.69, 9.17) is 4.74 Å². The number of amides is 1. The minimum Gasteiger partial charge on any atom is -0.481 e. The molecule has 1 amide bonds. The Kier molecular flexibility index (Phi) is 5.40. The van der Waals surface area contributed by atoms with Gasteiger partial charge in [0.2, 0.25) is 0 Å². The standard InChI is InChI=1S/C19H23NO3/c1-14-8-7-11-17(12-14)23-15(2)18(21)20-13-19(3,22)16-9-5-4-6-10-16/h4-12,15,22H,13H2,1-3H3,(H,20,21). The molecule has 23 heavy (non-hydrogen) atoms. The number of ether oxygens (including phenoxy) is 1.